The average molecular weight is 416 g/mol. The highest BCUT2D eigenvalue weighted by molar-refractivity contribution is 5.82. The van der Waals surface area contributed by atoms with Crippen molar-refractivity contribution in [3.05, 3.63) is 96.1 Å². The smallest absolute Gasteiger partial charge is 0.237 e. The van der Waals surface area contributed by atoms with Gasteiger partial charge in [-0.15, -0.1) is 0 Å². The van der Waals surface area contributed by atoms with Gasteiger partial charge < -0.3 is 15.3 Å². The van der Waals surface area contributed by atoms with Crippen molar-refractivity contribution in [2.24, 2.45) is 0 Å². The van der Waals surface area contributed by atoms with Crippen molar-refractivity contribution in [3.63, 3.8) is 0 Å². The highest BCUT2D eigenvalue weighted by Gasteiger charge is 2.28. The summed E-state index contributed by atoms with van der Waals surface area (Å²) >= 11 is 0. The van der Waals surface area contributed by atoms with Gasteiger partial charge in [0.2, 0.25) is 5.91 Å². The van der Waals surface area contributed by atoms with Crippen molar-refractivity contribution in [1.29, 1.82) is 0 Å². The minimum atomic E-state index is -0.235. The third-order valence-corrected chi connectivity index (χ3v) is 6.02. The first kappa shape index (κ1) is 20.9. The maximum atomic E-state index is 13.2. The van der Waals surface area contributed by atoms with E-state index in [9.17, 15) is 9.90 Å². The summed E-state index contributed by atoms with van der Waals surface area (Å²) in [5.74, 6) is 0.323. The van der Waals surface area contributed by atoms with Gasteiger partial charge in [0.25, 0.3) is 0 Å². The number of amides is 1. The molecule has 4 rings (SSSR count). The number of nitrogens with zero attached hydrogens (tertiary/aromatic N) is 2. The fraction of sp³-hybridized carbons (Fsp3) is 0.269. The fourth-order valence-corrected chi connectivity index (χ4v) is 4.16. The Kier molecular flexibility index (Phi) is 6.53. The van der Waals surface area contributed by atoms with Gasteiger partial charge in [-0.05, 0) is 30.2 Å². The van der Waals surface area contributed by atoms with Gasteiger partial charge in [-0.25, -0.2) is 0 Å². The lowest BCUT2D eigenvalue weighted by molar-refractivity contribution is -0.126. The van der Waals surface area contributed by atoms with E-state index in [1.165, 1.54) is 0 Å². The molecule has 1 unspecified atom stereocenters. The maximum absolute atomic E-state index is 13.2. The van der Waals surface area contributed by atoms with Crippen molar-refractivity contribution in [2.75, 3.05) is 31.1 Å². The van der Waals surface area contributed by atoms with Gasteiger partial charge in [-0.3, -0.25) is 9.69 Å². The van der Waals surface area contributed by atoms with E-state index in [1.54, 1.807) is 6.07 Å². The van der Waals surface area contributed by atoms with Gasteiger partial charge in [0.1, 0.15) is 5.75 Å². The second-order valence-corrected chi connectivity index (χ2v) is 7.95. The zero-order valence-corrected chi connectivity index (χ0v) is 17.8. The Labute approximate surface area is 183 Å². The van der Waals surface area contributed by atoms with E-state index in [-0.39, 0.29) is 18.0 Å². The van der Waals surface area contributed by atoms with Crippen LogP contribution in [0.15, 0.2) is 84.9 Å². The van der Waals surface area contributed by atoms with Gasteiger partial charge in [0.05, 0.1) is 17.8 Å². The van der Waals surface area contributed by atoms with E-state index in [0.29, 0.717) is 5.75 Å². The van der Waals surface area contributed by atoms with Gasteiger partial charge in [0, 0.05) is 26.2 Å². The van der Waals surface area contributed by atoms with E-state index >= 15 is 0 Å². The molecule has 1 saturated heterocycles. The van der Waals surface area contributed by atoms with Crippen molar-refractivity contribution >= 4 is 11.6 Å². The molecule has 1 atom stereocenters. The summed E-state index contributed by atoms with van der Waals surface area (Å²) in [6.07, 6.45) is 0. The number of benzene rings is 3. The summed E-state index contributed by atoms with van der Waals surface area (Å²) < 4.78 is 0. The summed E-state index contributed by atoms with van der Waals surface area (Å²) in [5, 5.41) is 13.4. The number of aromatic hydroxyl groups is 1. The van der Waals surface area contributed by atoms with E-state index < -0.39 is 0 Å². The Balaban J connectivity index is 1.42. The maximum Gasteiger partial charge on any atom is 0.237 e. The number of nitrogens with one attached hydrogen (secondary N) is 1. The Bertz CT molecular complexity index is 946. The molecule has 5 nitrogen and oxygen atoms in total. The first-order chi connectivity index (χ1) is 15.1. The predicted molar refractivity (Wildman–Crippen MR) is 124 cm³/mol. The van der Waals surface area contributed by atoms with Crippen molar-refractivity contribution < 1.29 is 9.90 Å². The van der Waals surface area contributed by atoms with Crippen LogP contribution in [0.5, 0.6) is 5.75 Å². The van der Waals surface area contributed by atoms with Crippen LogP contribution < -0.4 is 10.2 Å². The van der Waals surface area contributed by atoms with Crippen LogP contribution in [0.4, 0.5) is 5.69 Å². The lowest BCUT2D eigenvalue weighted by Crippen LogP contribution is -2.54. The molecule has 0 aliphatic carbocycles. The lowest BCUT2D eigenvalue weighted by atomic mass is 9.98. The van der Waals surface area contributed by atoms with E-state index in [0.717, 1.165) is 43.0 Å². The lowest BCUT2D eigenvalue weighted by Gasteiger charge is -2.39. The van der Waals surface area contributed by atoms with Gasteiger partial charge in [0.15, 0.2) is 0 Å². The molecule has 1 aliphatic heterocycles. The first-order valence-electron chi connectivity index (χ1n) is 10.8. The molecular weight excluding hydrogens is 386 g/mol. The summed E-state index contributed by atoms with van der Waals surface area (Å²) in [6, 6.07) is 27.2. The molecule has 1 aliphatic rings. The third-order valence-electron chi connectivity index (χ3n) is 6.02. The van der Waals surface area contributed by atoms with Gasteiger partial charge >= 0.3 is 0 Å². The molecule has 160 valence electrons. The highest BCUT2D eigenvalue weighted by atomic mass is 16.3. The van der Waals surface area contributed by atoms with Crippen LogP contribution in [0, 0.1) is 0 Å². The summed E-state index contributed by atoms with van der Waals surface area (Å²) in [4.78, 5) is 17.6. The Morgan fingerprint density at radius 3 is 1.87 bits per heavy atom. The number of rotatable bonds is 6. The average Bonchev–Trinajstić information content (AvgIpc) is 2.83. The number of hydrogen-bond acceptors (Lipinski definition) is 4. The molecule has 0 aromatic heterocycles. The Morgan fingerprint density at radius 2 is 1.32 bits per heavy atom. The first-order valence-corrected chi connectivity index (χ1v) is 10.8. The van der Waals surface area contributed by atoms with Crippen LogP contribution in [0.1, 0.15) is 24.1 Å². The standard InChI is InChI=1S/C26H29N3O2/c1-20(28-16-18-29(19-17-28)23-14-8-9-15-24(23)30)26(31)27-25(21-10-4-2-5-11-21)22-12-6-3-7-13-22/h2-15,20,25,30H,16-19H2,1H3,(H,27,31). The summed E-state index contributed by atoms with van der Waals surface area (Å²) in [5.41, 5.74) is 2.99. The van der Waals surface area contributed by atoms with Crippen molar-refractivity contribution in [3.8, 4) is 5.75 Å². The number of para-hydroxylation sites is 2. The van der Waals surface area contributed by atoms with Crippen LogP contribution in [-0.2, 0) is 4.79 Å². The normalized spacial score (nSPS) is 15.6. The monoisotopic (exact) mass is 415 g/mol. The molecule has 1 fully saturated rings. The number of hydrogen-bond donors (Lipinski definition) is 2. The zero-order chi connectivity index (χ0) is 21.6. The van der Waals surface area contributed by atoms with Crippen LogP contribution in [0.25, 0.3) is 0 Å². The largest absolute Gasteiger partial charge is 0.506 e. The number of phenols is 1. The molecule has 0 saturated carbocycles. The number of piperazine rings is 1. The molecule has 0 bridgehead atoms. The second-order valence-electron chi connectivity index (χ2n) is 7.95. The highest BCUT2D eigenvalue weighted by Crippen LogP contribution is 2.28. The molecule has 1 amide bonds. The molecule has 1 heterocycles. The fourth-order valence-electron chi connectivity index (χ4n) is 4.16. The molecule has 2 N–H and O–H groups in total. The predicted octanol–water partition coefficient (Wildman–Crippen LogP) is 3.81. The molecule has 3 aromatic carbocycles. The summed E-state index contributed by atoms with van der Waals surface area (Å²) in [7, 11) is 0. The molecule has 0 spiro atoms. The third kappa shape index (κ3) is 4.89. The quantitative estimate of drug-likeness (QED) is 0.643. The van der Waals surface area contributed by atoms with Crippen LogP contribution in [0.2, 0.25) is 0 Å². The van der Waals surface area contributed by atoms with Gasteiger partial charge in [-0.1, -0.05) is 72.8 Å². The van der Waals surface area contributed by atoms with Crippen LogP contribution >= 0.6 is 0 Å². The summed E-state index contributed by atoms with van der Waals surface area (Å²) in [6.45, 7) is 5.05. The number of anilines is 1. The zero-order valence-electron chi connectivity index (χ0n) is 17.8. The molecule has 3 aromatic rings. The Hall–Kier alpha value is -3.31. The van der Waals surface area contributed by atoms with E-state index in [4.69, 9.17) is 0 Å². The number of carbonyl (C=O) groups is 1. The minimum Gasteiger partial charge on any atom is -0.506 e. The van der Waals surface area contributed by atoms with Crippen molar-refractivity contribution in [1.82, 2.24) is 10.2 Å². The van der Waals surface area contributed by atoms with E-state index in [1.807, 2.05) is 85.8 Å². The number of carbonyl (C=O) groups excluding carboxylic acids is 1. The molecule has 5 heteroatoms. The van der Waals surface area contributed by atoms with Crippen LogP contribution in [-0.4, -0.2) is 48.1 Å². The molecule has 0 radical (unpaired) electrons. The van der Waals surface area contributed by atoms with E-state index in [2.05, 4.69) is 15.1 Å². The molecular formula is C26H29N3O2. The van der Waals surface area contributed by atoms with Gasteiger partial charge in [-0.2, -0.15) is 0 Å². The van der Waals surface area contributed by atoms with Crippen LogP contribution in [0.3, 0.4) is 0 Å². The molecule has 31 heavy (non-hydrogen) atoms. The second kappa shape index (κ2) is 9.67. The number of phenolic OH excluding ortho intramolecular Hbond substituents is 1. The minimum absolute atomic E-state index is 0.0220. The topological polar surface area (TPSA) is 55.8 Å². The SMILES string of the molecule is CC(C(=O)NC(c1ccccc1)c1ccccc1)N1CCN(c2ccccc2O)CC1. The van der Waals surface area contributed by atoms with Crippen molar-refractivity contribution in [2.45, 2.75) is 19.0 Å². The Morgan fingerprint density at radius 1 is 0.806 bits per heavy atom.